The quantitative estimate of drug-likeness (QED) is 0.637. The zero-order chi connectivity index (χ0) is 9.52. The molecular weight excluding hydrogens is 162 g/mol. The lowest BCUT2D eigenvalue weighted by atomic mass is 9.94. The number of allylic oxidation sites excluding steroid dienone is 3. The maximum atomic E-state index is 8.64. The molecule has 0 spiro atoms. The summed E-state index contributed by atoms with van der Waals surface area (Å²) in [4.78, 5) is 0. The molecule has 0 fully saturated rings. The Kier molecular flexibility index (Phi) is 4.61. The van der Waals surface area contributed by atoms with Gasteiger partial charge in [0.1, 0.15) is 6.73 Å². The summed E-state index contributed by atoms with van der Waals surface area (Å²) in [6, 6.07) is 0. The highest BCUT2D eigenvalue weighted by molar-refractivity contribution is 5.21. The van der Waals surface area contributed by atoms with Gasteiger partial charge in [-0.05, 0) is 24.8 Å². The second-order valence-corrected chi connectivity index (χ2v) is 3.49. The summed E-state index contributed by atoms with van der Waals surface area (Å²) in [6.45, 7) is 2.25. The smallest absolute Gasteiger partial charge is 0.113 e. The fourth-order valence-electron chi connectivity index (χ4n) is 1.57. The average Bonchev–Trinajstić information content (AvgIpc) is 2.17. The maximum Gasteiger partial charge on any atom is 0.113 e. The molecule has 0 saturated heterocycles. The molecule has 13 heavy (non-hydrogen) atoms. The second kappa shape index (κ2) is 5.81. The van der Waals surface area contributed by atoms with Crippen LogP contribution < -0.4 is 5.32 Å². The number of hydrogen-bond donors (Lipinski definition) is 2. The molecule has 0 bridgehead atoms. The Morgan fingerprint density at radius 2 is 2.46 bits per heavy atom. The van der Waals surface area contributed by atoms with Crippen LogP contribution in [0.1, 0.15) is 32.6 Å². The second-order valence-electron chi connectivity index (χ2n) is 3.49. The van der Waals surface area contributed by atoms with Gasteiger partial charge in [-0.3, -0.25) is 0 Å². The first-order chi connectivity index (χ1) is 6.36. The molecule has 1 rings (SSSR count). The van der Waals surface area contributed by atoms with Crippen molar-refractivity contribution in [3.8, 4) is 0 Å². The highest BCUT2D eigenvalue weighted by atomic mass is 16.3. The Labute approximate surface area is 80.3 Å². The number of rotatable bonds is 5. The van der Waals surface area contributed by atoms with Gasteiger partial charge in [0.15, 0.2) is 0 Å². The summed E-state index contributed by atoms with van der Waals surface area (Å²) in [5, 5.41) is 11.5. The van der Waals surface area contributed by atoms with Gasteiger partial charge in [-0.25, -0.2) is 0 Å². The van der Waals surface area contributed by atoms with Crippen LogP contribution in [0.4, 0.5) is 0 Å². The molecule has 1 unspecified atom stereocenters. The Bertz CT molecular complexity index is 196. The van der Waals surface area contributed by atoms with Gasteiger partial charge in [-0.15, -0.1) is 0 Å². The number of hydrogen-bond acceptors (Lipinski definition) is 2. The van der Waals surface area contributed by atoms with Crippen molar-refractivity contribution in [2.75, 3.05) is 6.73 Å². The van der Waals surface area contributed by atoms with Crippen LogP contribution in [0.15, 0.2) is 23.9 Å². The zero-order valence-electron chi connectivity index (χ0n) is 8.29. The van der Waals surface area contributed by atoms with E-state index in [1.165, 1.54) is 19.3 Å². The molecule has 0 heterocycles. The third kappa shape index (κ3) is 3.64. The minimum atomic E-state index is 0.0236. The summed E-state index contributed by atoms with van der Waals surface area (Å²) in [5.41, 5.74) is 1.05. The van der Waals surface area contributed by atoms with E-state index in [2.05, 4.69) is 30.5 Å². The Hall–Kier alpha value is -0.760. The van der Waals surface area contributed by atoms with Crippen LogP contribution in [0, 0.1) is 5.92 Å². The molecule has 2 heteroatoms. The third-order valence-corrected chi connectivity index (χ3v) is 2.40. The maximum absolute atomic E-state index is 8.64. The lowest BCUT2D eigenvalue weighted by molar-refractivity contribution is 0.276. The lowest BCUT2D eigenvalue weighted by Crippen LogP contribution is -2.15. The Morgan fingerprint density at radius 3 is 3.00 bits per heavy atom. The van der Waals surface area contributed by atoms with Crippen LogP contribution >= 0.6 is 0 Å². The fourth-order valence-corrected chi connectivity index (χ4v) is 1.57. The minimum absolute atomic E-state index is 0.0236. The van der Waals surface area contributed by atoms with Crippen molar-refractivity contribution >= 4 is 0 Å². The van der Waals surface area contributed by atoms with E-state index in [1.54, 1.807) is 0 Å². The van der Waals surface area contributed by atoms with E-state index in [4.69, 9.17) is 5.11 Å². The molecule has 1 atom stereocenters. The summed E-state index contributed by atoms with van der Waals surface area (Å²) in [7, 11) is 0. The van der Waals surface area contributed by atoms with Gasteiger partial charge in [0, 0.05) is 5.70 Å². The first-order valence-corrected chi connectivity index (χ1v) is 5.10. The lowest BCUT2D eigenvalue weighted by Gasteiger charge is -2.15. The van der Waals surface area contributed by atoms with Gasteiger partial charge < -0.3 is 10.4 Å². The molecule has 2 N–H and O–H groups in total. The topological polar surface area (TPSA) is 32.3 Å². The van der Waals surface area contributed by atoms with Crippen molar-refractivity contribution < 1.29 is 5.11 Å². The molecule has 0 aliphatic heterocycles. The average molecular weight is 181 g/mol. The summed E-state index contributed by atoms with van der Waals surface area (Å²) < 4.78 is 0. The van der Waals surface area contributed by atoms with Crippen LogP contribution in [0.2, 0.25) is 0 Å². The summed E-state index contributed by atoms with van der Waals surface area (Å²) >= 11 is 0. The molecule has 0 radical (unpaired) electrons. The molecule has 1 aliphatic rings. The number of aliphatic hydroxyl groups is 1. The monoisotopic (exact) mass is 181 g/mol. The molecule has 0 aromatic carbocycles. The van der Waals surface area contributed by atoms with E-state index in [0.29, 0.717) is 5.92 Å². The highest BCUT2D eigenvalue weighted by Crippen LogP contribution is 2.20. The number of aliphatic hydroxyl groups excluding tert-OH is 1. The largest absolute Gasteiger partial charge is 0.377 e. The predicted molar refractivity (Wildman–Crippen MR) is 55.1 cm³/mol. The number of unbranched alkanes of at least 4 members (excludes halogenated alkanes) is 1. The summed E-state index contributed by atoms with van der Waals surface area (Å²) in [5.74, 6) is 0.712. The minimum Gasteiger partial charge on any atom is -0.377 e. The molecule has 0 aromatic heterocycles. The van der Waals surface area contributed by atoms with E-state index in [9.17, 15) is 0 Å². The van der Waals surface area contributed by atoms with Gasteiger partial charge in [0.25, 0.3) is 0 Å². The van der Waals surface area contributed by atoms with E-state index in [0.717, 1.165) is 12.1 Å². The van der Waals surface area contributed by atoms with Crippen molar-refractivity contribution in [2.45, 2.75) is 32.6 Å². The van der Waals surface area contributed by atoms with Gasteiger partial charge in [-0.2, -0.15) is 0 Å². The van der Waals surface area contributed by atoms with Crippen LogP contribution in [-0.4, -0.2) is 11.8 Å². The standard InChI is InChI=1S/C11H19NO/c1-2-3-4-10-5-7-11(8-6-10)12-9-13/h5,7-8,10,12-13H,2-4,6,9H2,1H3. The molecule has 0 aromatic rings. The number of nitrogens with one attached hydrogen (secondary N) is 1. The molecule has 0 saturated carbocycles. The van der Waals surface area contributed by atoms with Crippen LogP contribution in [0.3, 0.4) is 0 Å². The Balaban J connectivity index is 2.26. The van der Waals surface area contributed by atoms with Gasteiger partial charge in [-0.1, -0.05) is 31.9 Å². The van der Waals surface area contributed by atoms with Crippen molar-refractivity contribution in [1.29, 1.82) is 0 Å². The molecule has 74 valence electrons. The van der Waals surface area contributed by atoms with E-state index < -0.39 is 0 Å². The highest BCUT2D eigenvalue weighted by Gasteiger charge is 2.07. The van der Waals surface area contributed by atoms with E-state index in [-0.39, 0.29) is 6.73 Å². The Morgan fingerprint density at radius 1 is 1.62 bits per heavy atom. The van der Waals surface area contributed by atoms with Gasteiger partial charge in [0.2, 0.25) is 0 Å². The predicted octanol–water partition coefficient (Wildman–Crippen LogP) is 2.18. The summed E-state index contributed by atoms with van der Waals surface area (Å²) in [6.07, 6.45) is 11.5. The van der Waals surface area contributed by atoms with Crippen LogP contribution in [0.5, 0.6) is 0 Å². The normalized spacial score (nSPS) is 21.4. The van der Waals surface area contributed by atoms with Gasteiger partial charge in [0.05, 0.1) is 0 Å². The zero-order valence-corrected chi connectivity index (χ0v) is 8.29. The third-order valence-electron chi connectivity index (χ3n) is 2.40. The van der Waals surface area contributed by atoms with E-state index in [1.807, 2.05) is 0 Å². The first kappa shape index (κ1) is 10.3. The fraction of sp³-hybridized carbons (Fsp3) is 0.636. The van der Waals surface area contributed by atoms with Crippen molar-refractivity contribution in [3.05, 3.63) is 23.9 Å². The van der Waals surface area contributed by atoms with Crippen molar-refractivity contribution in [3.63, 3.8) is 0 Å². The van der Waals surface area contributed by atoms with Crippen LogP contribution in [-0.2, 0) is 0 Å². The molecule has 1 aliphatic carbocycles. The SMILES string of the molecule is CCCCC1C=CC(NCO)=CC1. The molecule has 0 amide bonds. The van der Waals surface area contributed by atoms with E-state index >= 15 is 0 Å². The molecular formula is C11H19NO. The first-order valence-electron chi connectivity index (χ1n) is 5.10. The van der Waals surface area contributed by atoms with Crippen molar-refractivity contribution in [2.24, 2.45) is 5.92 Å². The molecule has 2 nitrogen and oxygen atoms in total. The van der Waals surface area contributed by atoms with Gasteiger partial charge >= 0.3 is 0 Å². The van der Waals surface area contributed by atoms with Crippen LogP contribution in [0.25, 0.3) is 0 Å². The van der Waals surface area contributed by atoms with Crippen molar-refractivity contribution in [1.82, 2.24) is 5.32 Å².